The van der Waals surface area contributed by atoms with Crippen LogP contribution in [0.4, 0.5) is 11.6 Å². The van der Waals surface area contributed by atoms with E-state index in [0.29, 0.717) is 49.8 Å². The lowest BCUT2D eigenvalue weighted by molar-refractivity contribution is -0.136. The number of nitrogens with one attached hydrogen (secondary N) is 4. The fraction of sp³-hybridized carbons (Fsp3) is 0.528. The molecule has 18 nitrogen and oxygen atoms in total. The molecule has 1 unspecified atom stereocenters. The molecule has 3 aromatic rings. The first-order valence-electron chi connectivity index (χ1n) is 18.7. The average molecular weight is 780 g/mol. The molecule has 294 valence electrons. The summed E-state index contributed by atoms with van der Waals surface area (Å²) in [6.45, 7) is 1.97. The minimum Gasteiger partial charge on any atom is -0.382 e. The molecule has 3 fully saturated rings. The maximum Gasteiger partial charge on any atom is 0.279 e. The van der Waals surface area contributed by atoms with Crippen LogP contribution in [0.2, 0.25) is 0 Å². The van der Waals surface area contributed by atoms with Crippen molar-refractivity contribution in [3.63, 3.8) is 0 Å². The second kappa shape index (κ2) is 16.9. The van der Waals surface area contributed by atoms with Crippen molar-refractivity contribution in [3.8, 4) is 0 Å². The van der Waals surface area contributed by atoms with E-state index in [1.54, 1.807) is 35.0 Å². The first-order valence-corrected chi connectivity index (χ1v) is 20.2. The smallest absolute Gasteiger partial charge is 0.279 e. The number of hydrogen-bond donors (Lipinski definition) is 4. The Hall–Kier alpha value is -4.82. The number of amides is 4. The van der Waals surface area contributed by atoms with Gasteiger partial charge in [0.05, 0.1) is 37.6 Å². The van der Waals surface area contributed by atoms with Crippen molar-refractivity contribution < 1.29 is 37.1 Å². The molecule has 0 bridgehead atoms. The van der Waals surface area contributed by atoms with Gasteiger partial charge in [0.25, 0.3) is 27.6 Å². The van der Waals surface area contributed by atoms with Crippen molar-refractivity contribution in [2.75, 3.05) is 63.2 Å². The van der Waals surface area contributed by atoms with Crippen LogP contribution < -0.4 is 26.2 Å². The summed E-state index contributed by atoms with van der Waals surface area (Å²) in [7, 11) is -3.70. The second-order valence-electron chi connectivity index (χ2n) is 14.0. The highest BCUT2D eigenvalue weighted by Gasteiger charge is 2.45. The third kappa shape index (κ3) is 8.55. The standard InChI is InChI=1S/C36H45N9O9S/c46-29-10-9-28(33(48)41-29)45-34(49)26-6-3-7-27(31(26)35(45)50)37-14-18-53-20-21-54-19-15-39-55(51,52)43-16-12-24(13-17-43)40-36-38-22-23-8-11-30(47)44(32(23)42-36)25-4-1-2-5-25/h3,6-8,11,22,24-25,28,37,39H,1-2,4-5,9-10,12-21H2,(H,38,40,42)(H,41,46,48). The molecule has 1 aromatic carbocycles. The van der Waals surface area contributed by atoms with Gasteiger partial charge in [-0.2, -0.15) is 22.4 Å². The molecule has 19 heteroatoms. The van der Waals surface area contributed by atoms with Crippen LogP contribution in [0.5, 0.6) is 0 Å². The summed E-state index contributed by atoms with van der Waals surface area (Å²) in [4.78, 5) is 72.9. The minimum atomic E-state index is -3.70. The van der Waals surface area contributed by atoms with Gasteiger partial charge in [0.2, 0.25) is 17.8 Å². The lowest BCUT2D eigenvalue weighted by Crippen LogP contribution is -2.54. The molecule has 2 aromatic heterocycles. The Labute approximate surface area is 317 Å². The zero-order valence-corrected chi connectivity index (χ0v) is 31.1. The molecule has 0 radical (unpaired) electrons. The molecule has 4 amide bonds. The van der Waals surface area contributed by atoms with Crippen molar-refractivity contribution in [3.05, 3.63) is 58.0 Å². The van der Waals surface area contributed by atoms with E-state index in [9.17, 15) is 32.4 Å². The fourth-order valence-corrected chi connectivity index (χ4v) is 8.84. The molecular formula is C36H45N9O9S. The minimum absolute atomic E-state index is 0.0201. The van der Waals surface area contributed by atoms with Gasteiger partial charge < -0.3 is 20.1 Å². The summed E-state index contributed by atoms with van der Waals surface area (Å²) in [6.07, 6.45) is 7.08. The van der Waals surface area contributed by atoms with E-state index in [1.165, 1.54) is 10.4 Å². The number of pyridine rings is 1. The van der Waals surface area contributed by atoms with E-state index in [4.69, 9.17) is 14.5 Å². The molecule has 0 spiro atoms. The quantitative estimate of drug-likeness (QED) is 0.119. The number of carbonyl (C=O) groups excluding carboxylic acids is 4. The number of piperidine rings is 2. The van der Waals surface area contributed by atoms with Crippen LogP contribution in [-0.2, 0) is 29.3 Å². The van der Waals surface area contributed by atoms with E-state index in [1.807, 2.05) is 0 Å². The lowest BCUT2D eigenvalue weighted by atomic mass is 10.0. The van der Waals surface area contributed by atoms with Crippen LogP contribution in [0.3, 0.4) is 0 Å². The third-order valence-electron chi connectivity index (χ3n) is 10.4. The number of anilines is 2. The summed E-state index contributed by atoms with van der Waals surface area (Å²) in [5, 5.41) is 9.44. The number of hydrogen-bond acceptors (Lipinski definition) is 13. The van der Waals surface area contributed by atoms with Crippen LogP contribution in [0.25, 0.3) is 11.0 Å². The SMILES string of the molecule is O=C1CCC(N2C(=O)c3cccc(NCCOCCOCCNS(=O)(=O)N4CCC(Nc5ncc6ccc(=O)n(C7CCCC7)c6n5)CC4)c3C2=O)C(=O)N1. The van der Waals surface area contributed by atoms with Crippen LogP contribution in [-0.4, -0.2) is 120 Å². The Morgan fingerprint density at radius 2 is 1.60 bits per heavy atom. The maximum atomic E-state index is 13.2. The first kappa shape index (κ1) is 38.5. The first-order chi connectivity index (χ1) is 26.6. The second-order valence-corrected chi connectivity index (χ2v) is 15.8. The Bertz CT molecular complexity index is 2110. The van der Waals surface area contributed by atoms with Gasteiger partial charge in [0.1, 0.15) is 11.7 Å². The van der Waals surface area contributed by atoms with Crippen molar-refractivity contribution in [2.45, 2.75) is 69.5 Å². The molecule has 4 N–H and O–H groups in total. The number of ether oxygens (including phenoxy) is 2. The van der Waals surface area contributed by atoms with Crippen LogP contribution in [0, 0.1) is 0 Å². The zero-order chi connectivity index (χ0) is 38.5. The third-order valence-corrected chi connectivity index (χ3v) is 12.0. The topological polar surface area (TPSA) is 223 Å². The summed E-state index contributed by atoms with van der Waals surface area (Å²) >= 11 is 0. The summed E-state index contributed by atoms with van der Waals surface area (Å²) in [5.41, 5.74) is 1.36. The van der Waals surface area contributed by atoms with Gasteiger partial charge in [-0.1, -0.05) is 18.9 Å². The molecule has 1 atom stereocenters. The predicted molar refractivity (Wildman–Crippen MR) is 200 cm³/mol. The molecule has 3 aliphatic heterocycles. The fourth-order valence-electron chi connectivity index (χ4n) is 7.62. The Balaban J connectivity index is 0.779. The molecule has 55 heavy (non-hydrogen) atoms. The lowest BCUT2D eigenvalue weighted by Gasteiger charge is -2.31. The van der Waals surface area contributed by atoms with Gasteiger partial charge in [-0.15, -0.1) is 0 Å². The highest BCUT2D eigenvalue weighted by atomic mass is 32.2. The number of benzene rings is 1. The molecule has 1 saturated carbocycles. The number of rotatable bonds is 16. The zero-order valence-electron chi connectivity index (χ0n) is 30.3. The molecule has 2 saturated heterocycles. The van der Waals surface area contributed by atoms with Gasteiger partial charge in [0.15, 0.2) is 0 Å². The van der Waals surface area contributed by atoms with Crippen LogP contribution in [0.1, 0.15) is 78.1 Å². The summed E-state index contributed by atoms with van der Waals surface area (Å²) in [6, 6.07) is 7.24. The summed E-state index contributed by atoms with van der Waals surface area (Å²) < 4.78 is 42.8. The van der Waals surface area contributed by atoms with E-state index in [2.05, 4.69) is 25.7 Å². The van der Waals surface area contributed by atoms with Crippen LogP contribution >= 0.6 is 0 Å². The molecule has 7 rings (SSSR count). The highest BCUT2D eigenvalue weighted by molar-refractivity contribution is 7.87. The Morgan fingerprint density at radius 1 is 0.855 bits per heavy atom. The van der Waals surface area contributed by atoms with Gasteiger partial charge in [-0.3, -0.25) is 38.8 Å². The van der Waals surface area contributed by atoms with Crippen molar-refractivity contribution >= 4 is 56.5 Å². The number of imide groups is 2. The van der Waals surface area contributed by atoms with E-state index < -0.39 is 39.9 Å². The maximum absolute atomic E-state index is 13.2. The average Bonchev–Trinajstić information content (AvgIpc) is 3.79. The van der Waals surface area contributed by atoms with Gasteiger partial charge in [-0.05, 0) is 50.3 Å². The number of carbonyl (C=O) groups is 4. The van der Waals surface area contributed by atoms with Crippen molar-refractivity contribution in [2.24, 2.45) is 0 Å². The largest absolute Gasteiger partial charge is 0.382 e. The molecular weight excluding hydrogens is 735 g/mol. The number of fused-ring (bicyclic) bond motifs is 2. The highest BCUT2D eigenvalue weighted by Crippen LogP contribution is 2.33. The normalized spacial score (nSPS) is 20.0. The number of nitrogens with zero attached hydrogens (tertiary/aromatic N) is 5. The Morgan fingerprint density at radius 3 is 2.35 bits per heavy atom. The monoisotopic (exact) mass is 779 g/mol. The predicted octanol–water partition coefficient (Wildman–Crippen LogP) is 1.16. The van der Waals surface area contributed by atoms with Gasteiger partial charge in [0, 0.05) is 68.0 Å². The van der Waals surface area contributed by atoms with Gasteiger partial charge >= 0.3 is 0 Å². The van der Waals surface area contributed by atoms with Crippen molar-refractivity contribution in [1.29, 1.82) is 0 Å². The molecule has 4 aliphatic rings. The molecule has 5 heterocycles. The van der Waals surface area contributed by atoms with Crippen LogP contribution in [0.15, 0.2) is 41.3 Å². The van der Waals surface area contributed by atoms with E-state index in [0.717, 1.165) is 36.0 Å². The van der Waals surface area contributed by atoms with E-state index >= 15 is 0 Å². The van der Waals surface area contributed by atoms with Crippen molar-refractivity contribution in [1.82, 2.24) is 33.8 Å². The Kier molecular flexibility index (Phi) is 11.8. The molecule has 1 aliphatic carbocycles. The van der Waals surface area contributed by atoms with E-state index in [-0.39, 0.29) is 74.6 Å². The summed E-state index contributed by atoms with van der Waals surface area (Å²) in [5.74, 6) is -1.84. The number of aromatic nitrogens is 3. The van der Waals surface area contributed by atoms with Gasteiger partial charge in [-0.25, -0.2) is 4.98 Å².